The second kappa shape index (κ2) is 7.62. The Morgan fingerprint density at radius 3 is 2.52 bits per heavy atom. The Hall–Kier alpha value is -1.84. The van der Waals surface area contributed by atoms with E-state index >= 15 is 0 Å². The van der Waals surface area contributed by atoms with Crippen molar-refractivity contribution in [2.75, 3.05) is 0 Å². The van der Waals surface area contributed by atoms with Crippen LogP contribution in [0.4, 0.5) is 0 Å². The molecule has 23 heavy (non-hydrogen) atoms. The largest absolute Gasteiger partial charge is 0.349 e. The summed E-state index contributed by atoms with van der Waals surface area (Å²) in [5.74, 6) is -0.229. The summed E-state index contributed by atoms with van der Waals surface area (Å²) >= 11 is 0. The average Bonchev–Trinajstić information content (AvgIpc) is 2.97. The van der Waals surface area contributed by atoms with Crippen LogP contribution in [0.1, 0.15) is 42.1 Å². The Balaban J connectivity index is 0.00000192. The van der Waals surface area contributed by atoms with E-state index in [1.54, 1.807) is 0 Å². The molecule has 2 aromatic carbocycles. The molecular weight excluding hydrogens is 308 g/mol. The van der Waals surface area contributed by atoms with Gasteiger partial charge in [0.05, 0.1) is 12.0 Å². The Morgan fingerprint density at radius 1 is 1.13 bits per heavy atom. The molecule has 0 aliphatic heterocycles. The monoisotopic (exact) mass is 330 g/mol. The summed E-state index contributed by atoms with van der Waals surface area (Å²) in [6.45, 7) is 1.90. The highest BCUT2D eigenvalue weighted by Crippen LogP contribution is 2.31. The molecule has 0 heterocycles. The van der Waals surface area contributed by atoms with Crippen molar-refractivity contribution < 1.29 is 4.79 Å². The molecule has 1 amide bonds. The summed E-state index contributed by atoms with van der Waals surface area (Å²) < 4.78 is 0. The number of hydrogen-bond donors (Lipinski definition) is 2. The van der Waals surface area contributed by atoms with Gasteiger partial charge in [-0.3, -0.25) is 4.79 Å². The Labute approximate surface area is 143 Å². The molecule has 3 nitrogen and oxygen atoms in total. The van der Waals surface area contributed by atoms with Crippen LogP contribution in [0.5, 0.6) is 0 Å². The lowest BCUT2D eigenvalue weighted by Gasteiger charge is -2.22. The third-order valence-corrected chi connectivity index (χ3v) is 4.59. The van der Waals surface area contributed by atoms with Gasteiger partial charge in [0.2, 0.25) is 5.91 Å². The lowest BCUT2D eigenvalue weighted by atomic mass is 9.94. The van der Waals surface area contributed by atoms with E-state index in [4.69, 9.17) is 5.73 Å². The van der Waals surface area contributed by atoms with Crippen LogP contribution in [0.3, 0.4) is 0 Å². The van der Waals surface area contributed by atoms with Crippen LogP contribution in [0.2, 0.25) is 0 Å². The third-order valence-electron chi connectivity index (χ3n) is 4.59. The molecule has 0 bridgehead atoms. The van der Waals surface area contributed by atoms with Crippen molar-refractivity contribution in [3.05, 3.63) is 71.3 Å². The number of aryl methyl sites for hydroxylation is 1. The molecule has 2 aromatic rings. The van der Waals surface area contributed by atoms with Crippen LogP contribution < -0.4 is 11.1 Å². The number of halogens is 1. The summed E-state index contributed by atoms with van der Waals surface area (Å²) in [6, 6.07) is 18.0. The zero-order valence-electron chi connectivity index (χ0n) is 13.2. The first-order valence-corrected chi connectivity index (χ1v) is 7.85. The molecule has 4 heteroatoms. The highest BCUT2D eigenvalue weighted by molar-refractivity contribution is 5.85. The third kappa shape index (κ3) is 3.74. The van der Waals surface area contributed by atoms with Crippen molar-refractivity contribution in [1.29, 1.82) is 0 Å². The maximum Gasteiger partial charge on any atom is 0.225 e. The van der Waals surface area contributed by atoms with Gasteiger partial charge in [0.25, 0.3) is 0 Å². The van der Waals surface area contributed by atoms with Crippen molar-refractivity contribution >= 4 is 18.3 Å². The van der Waals surface area contributed by atoms with E-state index < -0.39 is 0 Å². The predicted octanol–water partition coefficient (Wildman–Crippen LogP) is 3.55. The molecule has 3 unspecified atom stereocenters. The normalized spacial score (nSPS) is 18.4. The van der Waals surface area contributed by atoms with E-state index in [1.807, 2.05) is 43.3 Å². The van der Waals surface area contributed by atoms with Gasteiger partial charge in [-0.25, -0.2) is 0 Å². The second-order valence-electron chi connectivity index (χ2n) is 6.02. The summed E-state index contributed by atoms with van der Waals surface area (Å²) in [7, 11) is 0. The van der Waals surface area contributed by atoms with Crippen LogP contribution in [-0.2, 0) is 11.2 Å². The fourth-order valence-corrected chi connectivity index (χ4v) is 3.14. The van der Waals surface area contributed by atoms with Crippen molar-refractivity contribution in [3.63, 3.8) is 0 Å². The number of nitrogens with one attached hydrogen (secondary N) is 1. The summed E-state index contributed by atoms with van der Waals surface area (Å²) in [5, 5.41) is 3.17. The predicted molar refractivity (Wildman–Crippen MR) is 95.4 cm³/mol. The molecule has 3 rings (SSSR count). The number of rotatable bonds is 4. The van der Waals surface area contributed by atoms with Gasteiger partial charge in [-0.1, -0.05) is 61.5 Å². The van der Waals surface area contributed by atoms with E-state index in [2.05, 4.69) is 23.5 Å². The van der Waals surface area contributed by atoms with Gasteiger partial charge < -0.3 is 11.1 Å². The lowest BCUT2D eigenvalue weighted by molar-refractivity contribution is -0.125. The van der Waals surface area contributed by atoms with Crippen molar-refractivity contribution in [2.45, 2.75) is 31.8 Å². The zero-order chi connectivity index (χ0) is 15.5. The Bertz CT molecular complexity index is 659. The number of carbonyl (C=O) groups is 1. The highest BCUT2D eigenvalue weighted by atomic mass is 35.5. The van der Waals surface area contributed by atoms with Gasteiger partial charge in [-0.05, 0) is 29.5 Å². The average molecular weight is 331 g/mol. The molecule has 0 saturated heterocycles. The molecule has 0 radical (unpaired) electrons. The smallest absolute Gasteiger partial charge is 0.225 e. The maximum absolute atomic E-state index is 12.5. The molecule has 3 N–H and O–H groups in total. The molecule has 3 atom stereocenters. The molecule has 1 aliphatic rings. The van der Waals surface area contributed by atoms with Gasteiger partial charge in [0.15, 0.2) is 0 Å². The van der Waals surface area contributed by atoms with Crippen LogP contribution in [0.25, 0.3) is 0 Å². The molecule has 122 valence electrons. The van der Waals surface area contributed by atoms with Gasteiger partial charge in [-0.15, -0.1) is 12.4 Å². The Kier molecular flexibility index (Phi) is 5.80. The number of nitrogens with two attached hydrogens (primary N) is 1. The van der Waals surface area contributed by atoms with E-state index in [9.17, 15) is 4.79 Å². The van der Waals surface area contributed by atoms with E-state index in [-0.39, 0.29) is 36.3 Å². The molecule has 0 fully saturated rings. The minimum Gasteiger partial charge on any atom is -0.349 e. The molecule has 0 saturated carbocycles. The number of amides is 1. The second-order valence-corrected chi connectivity index (χ2v) is 6.02. The van der Waals surface area contributed by atoms with E-state index in [0.29, 0.717) is 0 Å². The number of benzene rings is 2. The highest BCUT2D eigenvalue weighted by Gasteiger charge is 2.28. The number of carbonyl (C=O) groups excluding carboxylic acids is 1. The zero-order valence-corrected chi connectivity index (χ0v) is 14.1. The molecule has 0 aromatic heterocycles. The Morgan fingerprint density at radius 2 is 1.78 bits per heavy atom. The van der Waals surface area contributed by atoms with Gasteiger partial charge >= 0.3 is 0 Å². The summed E-state index contributed by atoms with van der Waals surface area (Å²) in [4.78, 5) is 12.5. The van der Waals surface area contributed by atoms with Crippen molar-refractivity contribution in [3.8, 4) is 0 Å². The van der Waals surface area contributed by atoms with Crippen LogP contribution in [0.15, 0.2) is 54.6 Å². The fraction of sp³-hybridized carbons (Fsp3) is 0.316. The van der Waals surface area contributed by atoms with E-state index in [0.717, 1.165) is 18.4 Å². The molecule has 0 spiro atoms. The summed E-state index contributed by atoms with van der Waals surface area (Å²) in [5.41, 5.74) is 9.83. The first kappa shape index (κ1) is 17.5. The van der Waals surface area contributed by atoms with Gasteiger partial charge in [0.1, 0.15) is 0 Å². The number of fused-ring (bicyclic) bond motifs is 1. The SMILES string of the molecule is CC(C(=O)NC1CCc2ccccc21)C(N)c1ccccc1.Cl. The fourth-order valence-electron chi connectivity index (χ4n) is 3.14. The van der Waals surface area contributed by atoms with E-state index in [1.165, 1.54) is 11.1 Å². The first-order chi connectivity index (χ1) is 10.7. The molecular formula is C19H23ClN2O. The summed E-state index contributed by atoms with van der Waals surface area (Å²) in [6.07, 6.45) is 2.00. The minimum atomic E-state index is -0.280. The minimum absolute atomic E-state index is 0. The van der Waals surface area contributed by atoms with Crippen LogP contribution >= 0.6 is 12.4 Å². The van der Waals surface area contributed by atoms with Crippen LogP contribution in [0, 0.1) is 5.92 Å². The lowest BCUT2D eigenvalue weighted by Crippen LogP contribution is -2.37. The topological polar surface area (TPSA) is 55.1 Å². The van der Waals surface area contributed by atoms with Crippen molar-refractivity contribution in [1.82, 2.24) is 5.32 Å². The van der Waals surface area contributed by atoms with Crippen molar-refractivity contribution in [2.24, 2.45) is 11.7 Å². The van der Waals surface area contributed by atoms with Gasteiger partial charge in [-0.2, -0.15) is 0 Å². The van der Waals surface area contributed by atoms with Gasteiger partial charge in [0, 0.05) is 6.04 Å². The van der Waals surface area contributed by atoms with Crippen LogP contribution in [-0.4, -0.2) is 5.91 Å². The first-order valence-electron chi connectivity index (χ1n) is 7.85. The molecule has 1 aliphatic carbocycles. The quantitative estimate of drug-likeness (QED) is 0.900. The maximum atomic E-state index is 12.5. The standard InChI is InChI=1S/C19H22N2O.ClH/c1-13(18(20)15-8-3-2-4-9-15)19(22)21-17-12-11-14-7-5-6-10-16(14)17;/h2-10,13,17-18H,11-12,20H2,1H3,(H,21,22);1H. The number of hydrogen-bond acceptors (Lipinski definition) is 2.